The molecule has 0 aliphatic carbocycles. The van der Waals surface area contributed by atoms with Gasteiger partial charge in [0.25, 0.3) is 5.91 Å². The van der Waals surface area contributed by atoms with Gasteiger partial charge in [0, 0.05) is 10.7 Å². The van der Waals surface area contributed by atoms with Crippen LogP contribution in [-0.4, -0.2) is 33.2 Å². The fourth-order valence-electron chi connectivity index (χ4n) is 2.42. The van der Waals surface area contributed by atoms with Crippen LogP contribution in [0.3, 0.4) is 0 Å². The van der Waals surface area contributed by atoms with Gasteiger partial charge >= 0.3 is 0 Å². The maximum Gasteiger partial charge on any atom is 0.267 e. The number of nitrogens with one attached hydrogen (secondary N) is 1. The molecule has 126 valence electrons. The molecule has 1 heterocycles. The highest BCUT2D eigenvalue weighted by atomic mass is 35.5. The van der Waals surface area contributed by atoms with E-state index in [1.807, 2.05) is 6.07 Å². The minimum absolute atomic E-state index is 0.120. The van der Waals surface area contributed by atoms with Crippen LogP contribution in [0.1, 0.15) is 0 Å². The number of para-hydroxylation sites is 1. The van der Waals surface area contributed by atoms with E-state index in [4.69, 9.17) is 16.3 Å². The second-order valence-electron chi connectivity index (χ2n) is 5.37. The SMILES string of the molecule is CS(=O)(=O)N1C[C@H](C(=O)Nc2ccccc2)Oc2ccc(Cl)cc21. The van der Waals surface area contributed by atoms with E-state index in [-0.39, 0.29) is 6.54 Å². The molecule has 8 heteroatoms. The number of benzene rings is 2. The summed E-state index contributed by atoms with van der Waals surface area (Å²) < 4.78 is 31.0. The summed E-state index contributed by atoms with van der Waals surface area (Å²) in [5.41, 5.74) is 0.938. The van der Waals surface area contributed by atoms with E-state index in [1.165, 1.54) is 6.07 Å². The molecule has 6 nitrogen and oxygen atoms in total. The molecule has 0 saturated heterocycles. The Bertz CT molecular complexity index is 871. The van der Waals surface area contributed by atoms with Gasteiger partial charge in [-0.1, -0.05) is 29.8 Å². The number of nitrogens with zero attached hydrogens (tertiary/aromatic N) is 1. The molecule has 0 unspecified atom stereocenters. The molecule has 0 bridgehead atoms. The highest BCUT2D eigenvalue weighted by Crippen LogP contribution is 2.37. The third-order valence-electron chi connectivity index (χ3n) is 3.52. The van der Waals surface area contributed by atoms with Crippen molar-refractivity contribution in [3.05, 3.63) is 53.6 Å². The van der Waals surface area contributed by atoms with Crippen molar-refractivity contribution in [2.75, 3.05) is 22.4 Å². The van der Waals surface area contributed by atoms with Crippen LogP contribution < -0.4 is 14.4 Å². The molecular weight excluding hydrogens is 352 g/mol. The predicted molar refractivity (Wildman–Crippen MR) is 93.1 cm³/mol. The number of ether oxygens (including phenoxy) is 1. The Morgan fingerprint density at radius 3 is 2.62 bits per heavy atom. The lowest BCUT2D eigenvalue weighted by atomic mass is 10.2. The van der Waals surface area contributed by atoms with E-state index >= 15 is 0 Å². The Morgan fingerprint density at radius 1 is 1.25 bits per heavy atom. The summed E-state index contributed by atoms with van der Waals surface area (Å²) in [7, 11) is -3.58. The van der Waals surface area contributed by atoms with Gasteiger partial charge in [-0.05, 0) is 30.3 Å². The van der Waals surface area contributed by atoms with E-state index in [2.05, 4.69) is 5.32 Å². The number of carbonyl (C=O) groups is 1. The minimum Gasteiger partial charge on any atom is -0.476 e. The maximum atomic E-state index is 12.4. The number of hydrogen-bond donors (Lipinski definition) is 1. The van der Waals surface area contributed by atoms with E-state index in [0.717, 1.165) is 10.6 Å². The maximum absolute atomic E-state index is 12.4. The molecule has 0 saturated carbocycles. The number of sulfonamides is 1. The highest BCUT2D eigenvalue weighted by molar-refractivity contribution is 7.92. The Hall–Kier alpha value is -2.25. The van der Waals surface area contributed by atoms with Gasteiger partial charge in [0.2, 0.25) is 10.0 Å². The van der Waals surface area contributed by atoms with Crippen LogP contribution in [0, 0.1) is 0 Å². The first kappa shape index (κ1) is 16.6. The molecule has 24 heavy (non-hydrogen) atoms. The minimum atomic E-state index is -3.58. The van der Waals surface area contributed by atoms with Gasteiger partial charge in [-0.15, -0.1) is 0 Å². The number of hydrogen-bond acceptors (Lipinski definition) is 4. The van der Waals surface area contributed by atoms with Gasteiger partial charge in [0.15, 0.2) is 6.10 Å². The second-order valence-corrected chi connectivity index (χ2v) is 7.71. The Balaban J connectivity index is 1.89. The predicted octanol–water partition coefficient (Wildman–Crippen LogP) is 2.51. The average molecular weight is 367 g/mol. The zero-order valence-corrected chi connectivity index (χ0v) is 14.3. The fraction of sp³-hybridized carbons (Fsp3) is 0.188. The zero-order valence-electron chi connectivity index (χ0n) is 12.8. The monoisotopic (exact) mass is 366 g/mol. The Labute approximate surface area is 145 Å². The molecule has 1 atom stereocenters. The van der Waals surface area contributed by atoms with E-state index in [1.54, 1.807) is 36.4 Å². The number of halogens is 1. The summed E-state index contributed by atoms with van der Waals surface area (Å²) in [4.78, 5) is 12.4. The van der Waals surface area contributed by atoms with Gasteiger partial charge in [0.1, 0.15) is 5.75 Å². The van der Waals surface area contributed by atoms with Crippen LogP contribution in [-0.2, 0) is 14.8 Å². The first-order valence-corrected chi connectivity index (χ1v) is 9.37. The quantitative estimate of drug-likeness (QED) is 0.905. The first-order valence-electron chi connectivity index (χ1n) is 7.14. The van der Waals surface area contributed by atoms with E-state index < -0.39 is 22.0 Å². The summed E-state index contributed by atoms with van der Waals surface area (Å²) in [5.74, 6) is -0.125. The lowest BCUT2D eigenvalue weighted by molar-refractivity contribution is -0.122. The smallest absolute Gasteiger partial charge is 0.267 e. The van der Waals surface area contributed by atoms with Crippen molar-refractivity contribution in [3.8, 4) is 5.75 Å². The summed E-state index contributed by atoms with van der Waals surface area (Å²) in [5, 5.41) is 3.10. The summed E-state index contributed by atoms with van der Waals surface area (Å²) in [6, 6.07) is 13.5. The second kappa shape index (κ2) is 6.33. The standard InChI is InChI=1S/C16H15ClN2O4S/c1-24(21,22)19-10-15(16(20)18-12-5-3-2-4-6-12)23-14-8-7-11(17)9-13(14)19/h2-9,15H,10H2,1H3,(H,18,20)/t15-/m1/s1. The van der Waals surface area contributed by atoms with Crippen molar-refractivity contribution < 1.29 is 17.9 Å². The van der Waals surface area contributed by atoms with Crippen LogP contribution in [0.4, 0.5) is 11.4 Å². The summed E-state index contributed by atoms with van der Waals surface area (Å²) >= 11 is 5.94. The number of carbonyl (C=O) groups excluding carboxylic acids is 1. The third-order valence-corrected chi connectivity index (χ3v) is 4.91. The summed E-state index contributed by atoms with van der Waals surface area (Å²) in [6.45, 7) is -0.120. The van der Waals surface area contributed by atoms with Crippen molar-refractivity contribution in [2.24, 2.45) is 0 Å². The van der Waals surface area contributed by atoms with Crippen molar-refractivity contribution in [3.63, 3.8) is 0 Å². The number of amides is 1. The number of anilines is 2. The lowest BCUT2D eigenvalue weighted by Crippen LogP contribution is -2.48. The first-order chi connectivity index (χ1) is 11.3. The normalized spacial score (nSPS) is 16.9. The Kier molecular flexibility index (Phi) is 4.38. The third kappa shape index (κ3) is 3.47. The highest BCUT2D eigenvalue weighted by Gasteiger charge is 2.35. The van der Waals surface area contributed by atoms with Gasteiger partial charge in [-0.2, -0.15) is 0 Å². The molecule has 1 N–H and O–H groups in total. The lowest BCUT2D eigenvalue weighted by Gasteiger charge is -2.34. The van der Waals surface area contributed by atoms with Crippen molar-refractivity contribution in [1.82, 2.24) is 0 Å². The molecule has 0 spiro atoms. The molecular formula is C16H15ClN2O4S. The van der Waals surface area contributed by atoms with E-state index in [9.17, 15) is 13.2 Å². The molecule has 1 amide bonds. The molecule has 0 aromatic heterocycles. The van der Waals surface area contributed by atoms with E-state index in [0.29, 0.717) is 22.1 Å². The van der Waals surface area contributed by atoms with Gasteiger partial charge in [0.05, 0.1) is 18.5 Å². The molecule has 3 rings (SSSR count). The molecule has 2 aromatic rings. The van der Waals surface area contributed by atoms with Crippen LogP contribution in [0.2, 0.25) is 5.02 Å². The molecule has 1 aliphatic rings. The van der Waals surface area contributed by atoms with Gasteiger partial charge in [-0.25, -0.2) is 8.42 Å². The zero-order chi connectivity index (χ0) is 17.3. The van der Waals surface area contributed by atoms with Gasteiger partial charge < -0.3 is 10.1 Å². The van der Waals surface area contributed by atoms with Crippen molar-refractivity contribution in [2.45, 2.75) is 6.10 Å². The number of rotatable bonds is 3. The summed E-state index contributed by atoms with van der Waals surface area (Å²) in [6.07, 6.45) is 0.114. The van der Waals surface area contributed by atoms with Crippen LogP contribution >= 0.6 is 11.6 Å². The number of fused-ring (bicyclic) bond motifs is 1. The molecule has 0 radical (unpaired) electrons. The topological polar surface area (TPSA) is 75.7 Å². The van der Waals surface area contributed by atoms with Crippen molar-refractivity contribution >= 4 is 38.9 Å². The molecule has 0 fully saturated rings. The van der Waals surface area contributed by atoms with Crippen LogP contribution in [0.5, 0.6) is 5.75 Å². The van der Waals surface area contributed by atoms with Crippen LogP contribution in [0.15, 0.2) is 48.5 Å². The van der Waals surface area contributed by atoms with Crippen molar-refractivity contribution in [1.29, 1.82) is 0 Å². The molecule has 1 aliphatic heterocycles. The average Bonchev–Trinajstić information content (AvgIpc) is 2.53. The van der Waals surface area contributed by atoms with Crippen LogP contribution in [0.25, 0.3) is 0 Å². The largest absolute Gasteiger partial charge is 0.476 e. The fourth-order valence-corrected chi connectivity index (χ4v) is 3.49. The molecule has 2 aromatic carbocycles. The Morgan fingerprint density at radius 2 is 1.96 bits per heavy atom. The van der Waals surface area contributed by atoms with Gasteiger partial charge in [-0.3, -0.25) is 9.10 Å².